The van der Waals surface area contributed by atoms with Gasteiger partial charge in [0.25, 0.3) is 0 Å². The van der Waals surface area contributed by atoms with Crippen molar-refractivity contribution in [2.45, 2.75) is 0 Å². The van der Waals surface area contributed by atoms with Crippen LogP contribution in [-0.2, 0) is 0 Å². The van der Waals surface area contributed by atoms with E-state index in [9.17, 15) is 10.1 Å². The molecule has 1 aromatic carbocycles. The largest absolute Gasteiger partial charge is 0.371 e. The van der Waals surface area contributed by atoms with Gasteiger partial charge >= 0.3 is 5.69 Å². The minimum absolute atomic E-state index is 0.206. The predicted octanol–water partition coefficient (Wildman–Crippen LogP) is 3.37. The highest BCUT2D eigenvalue weighted by Crippen LogP contribution is 2.36. The molecule has 0 spiro atoms. The maximum absolute atomic E-state index is 11.7. The Bertz CT molecular complexity index is 1710. The Morgan fingerprint density at radius 1 is 1.08 bits per heavy atom. The van der Waals surface area contributed by atoms with Crippen molar-refractivity contribution in [3.63, 3.8) is 0 Å². The molecule has 5 aromatic rings. The quantitative estimate of drug-likeness (QED) is 0.246. The van der Waals surface area contributed by atoms with Crippen LogP contribution in [0.25, 0.3) is 16.9 Å². The first-order valence-corrected chi connectivity index (χ1v) is 11.0. The van der Waals surface area contributed by atoms with E-state index in [4.69, 9.17) is 0 Å². The maximum atomic E-state index is 11.7. The summed E-state index contributed by atoms with van der Waals surface area (Å²) in [6, 6.07) is 12.8. The fraction of sp³-hybridized carbons (Fsp3) is 0.130. The molecule has 37 heavy (non-hydrogen) atoms. The number of nitrogens with one attached hydrogen (secondary N) is 4. The average molecular weight is 496 g/mol. The third kappa shape index (κ3) is 4.56. The first-order valence-electron chi connectivity index (χ1n) is 11.0. The lowest BCUT2D eigenvalue weighted by atomic mass is 10.2. The molecule has 0 aliphatic heterocycles. The molecule has 4 N–H and O–H groups in total. The fourth-order valence-electron chi connectivity index (χ4n) is 3.51. The minimum Gasteiger partial charge on any atom is -0.371 e. The Kier molecular flexibility index (Phi) is 6.00. The summed E-state index contributed by atoms with van der Waals surface area (Å²) in [5.74, 6) is 1.88. The molecular formula is C23H21N13O. The summed E-state index contributed by atoms with van der Waals surface area (Å²) in [6.45, 7) is 0. The molecule has 0 saturated heterocycles. The number of benzene rings is 1. The molecule has 14 heteroatoms. The molecule has 4 heterocycles. The zero-order valence-corrected chi connectivity index (χ0v) is 20.1. The van der Waals surface area contributed by atoms with Crippen LogP contribution in [0.3, 0.4) is 0 Å². The highest BCUT2D eigenvalue weighted by atomic mass is 16.1. The van der Waals surface area contributed by atoms with Crippen molar-refractivity contribution in [3.05, 3.63) is 64.8 Å². The molecule has 0 unspecified atom stereocenters. The number of aromatic nitrogens is 7. The Morgan fingerprint density at radius 3 is 2.62 bits per heavy atom. The van der Waals surface area contributed by atoms with Crippen LogP contribution in [-0.4, -0.2) is 55.8 Å². The van der Waals surface area contributed by atoms with Gasteiger partial charge in [0, 0.05) is 33.0 Å². The summed E-state index contributed by atoms with van der Waals surface area (Å²) in [4.78, 5) is 32.3. The van der Waals surface area contributed by atoms with E-state index in [0.29, 0.717) is 45.8 Å². The van der Waals surface area contributed by atoms with Crippen molar-refractivity contribution in [2.24, 2.45) is 10.2 Å². The van der Waals surface area contributed by atoms with Gasteiger partial charge in [0.15, 0.2) is 29.0 Å². The molecule has 0 atom stereocenters. The number of fused-ring (bicyclic) bond motifs is 1. The smallest absolute Gasteiger partial charge is 0.323 e. The Balaban J connectivity index is 1.62. The van der Waals surface area contributed by atoms with Gasteiger partial charge in [-0.15, -0.1) is 10.2 Å². The average Bonchev–Trinajstić information content (AvgIpc) is 3.49. The molecule has 4 aromatic heterocycles. The zero-order chi connectivity index (χ0) is 25.9. The number of nitrogens with zero attached hydrogens (tertiary/aromatic N) is 9. The van der Waals surface area contributed by atoms with E-state index in [1.165, 1.54) is 10.9 Å². The fourth-order valence-corrected chi connectivity index (χ4v) is 3.51. The molecule has 5 rings (SSSR count). The Hall–Kier alpha value is -5.58. The van der Waals surface area contributed by atoms with Crippen molar-refractivity contribution < 1.29 is 0 Å². The second-order valence-corrected chi connectivity index (χ2v) is 7.97. The Labute approximate surface area is 209 Å². The van der Waals surface area contributed by atoms with Crippen LogP contribution in [0.2, 0.25) is 0 Å². The monoisotopic (exact) mass is 495 g/mol. The molecule has 0 amide bonds. The number of hydrogen-bond acceptors (Lipinski definition) is 11. The third-order valence-corrected chi connectivity index (χ3v) is 5.26. The topological polar surface area (TPSA) is 181 Å². The maximum Gasteiger partial charge on any atom is 0.323 e. The van der Waals surface area contributed by atoms with Crippen LogP contribution in [0.5, 0.6) is 0 Å². The lowest BCUT2D eigenvalue weighted by Gasteiger charge is -2.16. The number of H-pyrrole nitrogens is 2. The molecule has 14 nitrogen and oxygen atoms in total. The SMILES string of the molecule is CNc1nc(N(C)C)nc(Nc2ccc3[nH]c(=O)[nH]c3c2)c1N=Nc1c(C#N)cnn1-c1ccccn1. The molecular weight excluding hydrogens is 474 g/mol. The second-order valence-electron chi connectivity index (χ2n) is 7.97. The zero-order valence-electron chi connectivity index (χ0n) is 20.1. The lowest BCUT2D eigenvalue weighted by Crippen LogP contribution is -2.14. The van der Waals surface area contributed by atoms with Crippen LogP contribution in [0.1, 0.15) is 5.56 Å². The molecule has 0 aliphatic rings. The number of aromatic amines is 2. The molecule has 0 saturated carbocycles. The van der Waals surface area contributed by atoms with Gasteiger partial charge in [0.05, 0.1) is 17.2 Å². The van der Waals surface area contributed by atoms with Crippen molar-refractivity contribution in [1.29, 1.82) is 5.26 Å². The second kappa shape index (κ2) is 9.58. The van der Waals surface area contributed by atoms with E-state index in [0.717, 1.165) is 0 Å². The van der Waals surface area contributed by atoms with Crippen LogP contribution < -0.4 is 21.2 Å². The van der Waals surface area contributed by atoms with Crippen LogP contribution in [0.4, 0.5) is 34.8 Å². The van der Waals surface area contributed by atoms with Crippen molar-refractivity contribution >= 4 is 45.8 Å². The van der Waals surface area contributed by atoms with Crippen molar-refractivity contribution in [2.75, 3.05) is 36.7 Å². The van der Waals surface area contributed by atoms with Gasteiger partial charge in [-0.1, -0.05) is 6.07 Å². The number of anilines is 4. The van der Waals surface area contributed by atoms with E-state index < -0.39 is 0 Å². The number of pyridine rings is 1. The summed E-state index contributed by atoms with van der Waals surface area (Å²) in [5, 5.41) is 28.9. The molecule has 0 radical (unpaired) electrons. The van der Waals surface area contributed by atoms with Gasteiger partial charge in [0.2, 0.25) is 5.95 Å². The molecule has 0 bridgehead atoms. The number of imidazole rings is 1. The van der Waals surface area contributed by atoms with E-state index in [1.807, 2.05) is 14.1 Å². The summed E-state index contributed by atoms with van der Waals surface area (Å²) in [6.07, 6.45) is 3.02. The van der Waals surface area contributed by atoms with Gasteiger partial charge in [-0.05, 0) is 30.3 Å². The third-order valence-electron chi connectivity index (χ3n) is 5.26. The predicted molar refractivity (Wildman–Crippen MR) is 138 cm³/mol. The van der Waals surface area contributed by atoms with Gasteiger partial charge in [-0.25, -0.2) is 9.78 Å². The molecule has 0 fully saturated rings. The lowest BCUT2D eigenvalue weighted by molar-refractivity contribution is 0.839. The number of nitriles is 1. The van der Waals surface area contributed by atoms with Crippen molar-refractivity contribution in [1.82, 2.24) is 34.7 Å². The Morgan fingerprint density at radius 2 is 1.89 bits per heavy atom. The standard InChI is InChI=1S/C23H21N13O/c1-25-19-18(33-34-21-13(11-24)12-27-36(21)17-6-4-5-9-26-17)20(32-22(31-19)35(2)3)28-14-7-8-15-16(10-14)30-23(37)29-15/h4-10,12H,1-3H3,(H2,29,30,37)(H2,25,28,31,32). The van der Waals surface area contributed by atoms with E-state index in [2.05, 4.69) is 56.9 Å². The first kappa shape index (κ1) is 23.2. The summed E-state index contributed by atoms with van der Waals surface area (Å²) < 4.78 is 1.43. The van der Waals surface area contributed by atoms with E-state index in [1.54, 1.807) is 54.5 Å². The molecule has 0 aliphatic carbocycles. The van der Waals surface area contributed by atoms with Gasteiger partial charge < -0.3 is 25.5 Å². The number of hydrogen-bond donors (Lipinski definition) is 4. The van der Waals surface area contributed by atoms with Crippen LogP contribution >= 0.6 is 0 Å². The summed E-state index contributed by atoms with van der Waals surface area (Å²) in [5.41, 5.74) is 2.19. The van der Waals surface area contributed by atoms with Crippen LogP contribution in [0.15, 0.2) is 63.8 Å². The summed E-state index contributed by atoms with van der Waals surface area (Å²) >= 11 is 0. The highest BCUT2D eigenvalue weighted by molar-refractivity contribution is 5.83. The summed E-state index contributed by atoms with van der Waals surface area (Å²) in [7, 11) is 5.35. The minimum atomic E-state index is -0.297. The van der Waals surface area contributed by atoms with Gasteiger partial charge in [0.1, 0.15) is 11.6 Å². The van der Waals surface area contributed by atoms with Gasteiger partial charge in [-0.2, -0.15) is 25.0 Å². The first-order chi connectivity index (χ1) is 18.0. The van der Waals surface area contributed by atoms with Crippen LogP contribution in [0, 0.1) is 11.3 Å². The van der Waals surface area contributed by atoms with E-state index >= 15 is 0 Å². The van der Waals surface area contributed by atoms with E-state index in [-0.39, 0.29) is 17.1 Å². The number of azo groups is 1. The normalized spacial score (nSPS) is 11.1. The number of rotatable bonds is 7. The van der Waals surface area contributed by atoms with Crippen molar-refractivity contribution in [3.8, 4) is 11.9 Å². The van der Waals surface area contributed by atoms with Gasteiger partial charge in [-0.3, -0.25) is 0 Å². The molecule has 184 valence electrons. The highest BCUT2D eigenvalue weighted by Gasteiger charge is 2.18.